The number of sulfonamides is 1. The van der Waals surface area contributed by atoms with Gasteiger partial charge in [-0.1, -0.05) is 34.1 Å². The zero-order chi connectivity index (χ0) is 23.4. The number of nitrogens with one attached hydrogen (secondary N) is 1. The van der Waals surface area contributed by atoms with Gasteiger partial charge in [-0.3, -0.25) is 9.69 Å². The van der Waals surface area contributed by atoms with Crippen molar-refractivity contribution in [3.8, 4) is 0 Å². The van der Waals surface area contributed by atoms with Gasteiger partial charge in [-0.2, -0.15) is 22.6 Å². The predicted molar refractivity (Wildman–Crippen MR) is 117 cm³/mol. The second-order valence-electron chi connectivity index (χ2n) is 7.01. The van der Waals surface area contributed by atoms with Gasteiger partial charge in [-0.15, -0.1) is 0 Å². The molecule has 0 unspecified atom stereocenters. The molecule has 0 atom stereocenters. The number of piperazine rings is 1. The van der Waals surface area contributed by atoms with Crippen molar-refractivity contribution in [2.24, 2.45) is 5.10 Å². The Morgan fingerprint density at radius 1 is 1.06 bits per heavy atom. The van der Waals surface area contributed by atoms with Crippen molar-refractivity contribution in [1.82, 2.24) is 14.6 Å². The number of hydrogen-bond donors (Lipinski definition) is 1. The molecule has 0 saturated carbocycles. The molecule has 1 fully saturated rings. The Morgan fingerprint density at radius 3 is 2.31 bits per heavy atom. The van der Waals surface area contributed by atoms with Crippen LogP contribution in [0.3, 0.4) is 0 Å². The number of nitrogens with zero attached hydrogens (tertiary/aromatic N) is 3. The summed E-state index contributed by atoms with van der Waals surface area (Å²) in [5.74, 6) is -0.505. The highest BCUT2D eigenvalue weighted by Crippen LogP contribution is 2.31. The summed E-state index contributed by atoms with van der Waals surface area (Å²) in [7, 11) is -3.62. The number of carbonyl (C=O) groups excluding carboxylic acids is 1. The second-order valence-corrected chi connectivity index (χ2v) is 9.87. The molecule has 1 heterocycles. The number of hydrogen-bond acceptors (Lipinski definition) is 5. The minimum absolute atomic E-state index is 0.0512. The van der Waals surface area contributed by atoms with Gasteiger partial charge in [0.05, 0.1) is 23.2 Å². The highest BCUT2D eigenvalue weighted by Gasteiger charge is 2.32. The van der Waals surface area contributed by atoms with Crippen LogP contribution in [0.2, 0.25) is 0 Å². The first kappa shape index (κ1) is 24.4. The van der Waals surface area contributed by atoms with Crippen LogP contribution >= 0.6 is 15.9 Å². The van der Waals surface area contributed by atoms with Crippen molar-refractivity contribution in [3.05, 3.63) is 64.1 Å². The first-order valence-electron chi connectivity index (χ1n) is 9.53. The van der Waals surface area contributed by atoms with Crippen LogP contribution in [0.1, 0.15) is 11.1 Å². The van der Waals surface area contributed by atoms with E-state index >= 15 is 0 Å². The van der Waals surface area contributed by atoms with Crippen molar-refractivity contribution < 1.29 is 26.4 Å². The summed E-state index contributed by atoms with van der Waals surface area (Å²) in [5.41, 5.74) is 1.21. The molecule has 1 saturated heterocycles. The molecule has 0 spiro atoms. The minimum Gasteiger partial charge on any atom is -0.292 e. The van der Waals surface area contributed by atoms with Gasteiger partial charge in [0.2, 0.25) is 10.0 Å². The van der Waals surface area contributed by atoms with E-state index in [0.717, 1.165) is 16.8 Å². The van der Waals surface area contributed by atoms with Gasteiger partial charge >= 0.3 is 6.18 Å². The Kier molecular flexibility index (Phi) is 7.70. The Labute approximate surface area is 192 Å². The molecule has 2 aromatic rings. The van der Waals surface area contributed by atoms with Gasteiger partial charge in [-0.05, 0) is 30.3 Å². The number of benzene rings is 2. The van der Waals surface area contributed by atoms with Crippen molar-refractivity contribution in [2.75, 3.05) is 32.7 Å². The number of amides is 1. The summed E-state index contributed by atoms with van der Waals surface area (Å²) >= 11 is 3.27. The van der Waals surface area contributed by atoms with E-state index in [1.165, 1.54) is 34.6 Å². The number of hydrazone groups is 1. The number of halogens is 4. The summed E-state index contributed by atoms with van der Waals surface area (Å²) in [6.07, 6.45) is -3.58. The van der Waals surface area contributed by atoms with E-state index < -0.39 is 27.7 Å². The lowest BCUT2D eigenvalue weighted by molar-refractivity contribution is -0.137. The Morgan fingerprint density at radius 2 is 1.69 bits per heavy atom. The highest BCUT2D eigenvalue weighted by molar-refractivity contribution is 9.10. The van der Waals surface area contributed by atoms with Crippen LogP contribution in [-0.4, -0.2) is 62.5 Å². The summed E-state index contributed by atoms with van der Waals surface area (Å²) in [6, 6.07) is 11.3. The second kappa shape index (κ2) is 10.1. The quantitative estimate of drug-likeness (QED) is 0.458. The molecule has 32 heavy (non-hydrogen) atoms. The van der Waals surface area contributed by atoms with Crippen molar-refractivity contribution in [3.63, 3.8) is 0 Å². The molecule has 1 N–H and O–H groups in total. The lowest BCUT2D eigenvalue weighted by Crippen LogP contribution is -2.50. The number of rotatable bonds is 6. The van der Waals surface area contributed by atoms with Crippen molar-refractivity contribution in [1.29, 1.82) is 0 Å². The van der Waals surface area contributed by atoms with E-state index in [2.05, 4.69) is 26.5 Å². The summed E-state index contributed by atoms with van der Waals surface area (Å²) in [6.45, 7) is 1.06. The highest BCUT2D eigenvalue weighted by atomic mass is 79.9. The lowest BCUT2D eigenvalue weighted by Gasteiger charge is -2.33. The maximum Gasteiger partial charge on any atom is 0.417 e. The van der Waals surface area contributed by atoms with Gasteiger partial charge in [-0.25, -0.2) is 13.8 Å². The Bertz CT molecular complexity index is 1080. The molecule has 0 aliphatic carbocycles. The molecule has 7 nitrogen and oxygen atoms in total. The molecule has 0 radical (unpaired) electrons. The molecule has 12 heteroatoms. The van der Waals surface area contributed by atoms with E-state index in [1.54, 1.807) is 17.0 Å². The molecular formula is C20H20BrF3N4O3S. The SMILES string of the molecule is O=C(CN1CCN(S(=O)(=O)c2ccc(Br)cc2)CC1)NN=Cc1ccccc1C(F)(F)F. The average molecular weight is 533 g/mol. The molecule has 0 aromatic heterocycles. The van der Waals surface area contributed by atoms with Crippen LogP contribution in [0, 0.1) is 0 Å². The first-order valence-corrected chi connectivity index (χ1v) is 11.8. The van der Waals surface area contributed by atoms with Crippen molar-refractivity contribution in [2.45, 2.75) is 11.1 Å². The molecule has 2 aromatic carbocycles. The van der Waals surface area contributed by atoms with Crippen LogP contribution in [0.4, 0.5) is 13.2 Å². The van der Waals surface area contributed by atoms with Gasteiger partial charge in [0.25, 0.3) is 5.91 Å². The number of carbonyl (C=O) groups is 1. The van der Waals surface area contributed by atoms with E-state index in [4.69, 9.17) is 0 Å². The van der Waals surface area contributed by atoms with Crippen LogP contribution in [0.25, 0.3) is 0 Å². The van der Waals surface area contributed by atoms with Crippen LogP contribution < -0.4 is 5.43 Å². The average Bonchev–Trinajstić information content (AvgIpc) is 2.74. The monoisotopic (exact) mass is 532 g/mol. The van der Waals surface area contributed by atoms with Gasteiger partial charge < -0.3 is 0 Å². The van der Waals surface area contributed by atoms with Crippen LogP contribution in [-0.2, 0) is 21.0 Å². The lowest BCUT2D eigenvalue weighted by atomic mass is 10.1. The van der Waals surface area contributed by atoms with Crippen LogP contribution in [0.5, 0.6) is 0 Å². The minimum atomic E-state index is -4.52. The maximum absolute atomic E-state index is 13.0. The summed E-state index contributed by atoms with van der Waals surface area (Å²) in [5, 5.41) is 3.62. The zero-order valence-corrected chi connectivity index (χ0v) is 19.1. The normalized spacial score (nSPS) is 16.4. The molecule has 1 aliphatic rings. The fraction of sp³-hybridized carbons (Fsp3) is 0.300. The zero-order valence-electron chi connectivity index (χ0n) is 16.7. The summed E-state index contributed by atoms with van der Waals surface area (Å²) < 4.78 is 66.5. The molecule has 1 amide bonds. The smallest absolute Gasteiger partial charge is 0.292 e. The van der Waals surface area contributed by atoms with E-state index in [9.17, 15) is 26.4 Å². The topological polar surface area (TPSA) is 82.1 Å². The third kappa shape index (κ3) is 6.15. The molecule has 172 valence electrons. The summed E-state index contributed by atoms with van der Waals surface area (Å²) in [4.78, 5) is 14.0. The first-order chi connectivity index (χ1) is 15.1. The van der Waals surface area contributed by atoms with E-state index in [0.29, 0.717) is 13.1 Å². The maximum atomic E-state index is 13.0. The number of alkyl halides is 3. The third-order valence-corrected chi connectivity index (χ3v) is 7.25. The molecule has 3 rings (SSSR count). The molecular weight excluding hydrogens is 513 g/mol. The predicted octanol–water partition coefficient (Wildman–Crippen LogP) is 2.92. The van der Waals surface area contributed by atoms with Crippen molar-refractivity contribution >= 4 is 38.1 Å². The Balaban J connectivity index is 1.51. The van der Waals surface area contributed by atoms with E-state index in [-0.39, 0.29) is 30.1 Å². The van der Waals surface area contributed by atoms with E-state index in [1.807, 2.05) is 0 Å². The largest absolute Gasteiger partial charge is 0.417 e. The van der Waals surface area contributed by atoms with Gasteiger partial charge in [0.15, 0.2) is 0 Å². The molecule has 1 aliphatic heterocycles. The fourth-order valence-corrected chi connectivity index (χ4v) is 4.85. The Hall–Kier alpha value is -2.28. The van der Waals surface area contributed by atoms with Gasteiger partial charge in [0, 0.05) is 36.2 Å². The standard InChI is InChI=1S/C20H20BrF3N4O3S/c21-16-5-7-17(8-6-16)32(30,31)28-11-9-27(10-12-28)14-19(29)26-25-13-15-3-1-2-4-18(15)20(22,23)24/h1-8,13H,9-12,14H2,(H,26,29). The molecule has 0 bridgehead atoms. The van der Waals surface area contributed by atoms with Crippen LogP contribution in [0.15, 0.2) is 63.0 Å². The third-order valence-electron chi connectivity index (χ3n) is 4.81. The van der Waals surface area contributed by atoms with Gasteiger partial charge in [0.1, 0.15) is 0 Å². The fourth-order valence-electron chi connectivity index (χ4n) is 3.16.